The summed E-state index contributed by atoms with van der Waals surface area (Å²) in [5.41, 5.74) is 1.19. The third-order valence-corrected chi connectivity index (χ3v) is 5.30. The van der Waals surface area contributed by atoms with Gasteiger partial charge in [-0.25, -0.2) is 0 Å². The summed E-state index contributed by atoms with van der Waals surface area (Å²) in [7, 11) is 3.14. The molecule has 3 rings (SSSR count). The molecular weight excluding hydrogens is 410 g/mol. The quantitative estimate of drug-likeness (QED) is 0.261. The molecule has 1 unspecified atom stereocenters. The van der Waals surface area contributed by atoms with Gasteiger partial charge in [0, 0.05) is 25.8 Å². The van der Waals surface area contributed by atoms with Crippen LogP contribution in [0.4, 0.5) is 0 Å². The molecule has 7 nitrogen and oxygen atoms in total. The molecule has 0 saturated carbocycles. The van der Waals surface area contributed by atoms with Crippen LogP contribution in [0.2, 0.25) is 0 Å². The van der Waals surface area contributed by atoms with Crippen molar-refractivity contribution in [2.24, 2.45) is 0 Å². The van der Waals surface area contributed by atoms with E-state index in [4.69, 9.17) is 14.2 Å². The minimum Gasteiger partial charge on any atom is -0.507 e. The SMILES string of the molecule is CCCOc1cccc(C2/C(=C(\O)c3ccc(OC)cc3)C(=O)C(=O)N2CCCOC)c1. The van der Waals surface area contributed by atoms with E-state index in [0.717, 1.165) is 6.42 Å². The van der Waals surface area contributed by atoms with Crippen LogP contribution in [-0.2, 0) is 14.3 Å². The van der Waals surface area contributed by atoms with Crippen molar-refractivity contribution in [1.82, 2.24) is 4.90 Å². The summed E-state index contributed by atoms with van der Waals surface area (Å²) in [6.07, 6.45) is 1.42. The average Bonchev–Trinajstić information content (AvgIpc) is 3.07. The Bertz CT molecular complexity index is 982. The zero-order valence-corrected chi connectivity index (χ0v) is 18.7. The number of aliphatic hydroxyl groups excluding tert-OH is 1. The van der Waals surface area contributed by atoms with Gasteiger partial charge in [-0.05, 0) is 54.8 Å². The van der Waals surface area contributed by atoms with Gasteiger partial charge in [0.2, 0.25) is 0 Å². The maximum atomic E-state index is 13.0. The van der Waals surface area contributed by atoms with Crippen LogP contribution in [0.5, 0.6) is 11.5 Å². The molecule has 1 fully saturated rings. The molecule has 0 aliphatic carbocycles. The van der Waals surface area contributed by atoms with Crippen LogP contribution in [0, 0.1) is 0 Å². The fourth-order valence-corrected chi connectivity index (χ4v) is 3.74. The Kier molecular flexibility index (Phi) is 7.89. The highest BCUT2D eigenvalue weighted by Gasteiger charge is 2.45. The molecular formula is C25H29NO6. The Balaban J connectivity index is 2.08. The van der Waals surface area contributed by atoms with E-state index in [1.54, 1.807) is 38.5 Å². The zero-order valence-electron chi connectivity index (χ0n) is 18.7. The topological polar surface area (TPSA) is 85.3 Å². The number of ketones is 1. The lowest BCUT2D eigenvalue weighted by molar-refractivity contribution is -0.140. The number of nitrogens with zero attached hydrogens (tertiary/aromatic N) is 1. The minimum absolute atomic E-state index is 0.0604. The van der Waals surface area contributed by atoms with Crippen LogP contribution in [0.3, 0.4) is 0 Å². The second kappa shape index (κ2) is 10.8. The average molecular weight is 440 g/mol. The molecule has 1 N–H and O–H groups in total. The monoisotopic (exact) mass is 439 g/mol. The Labute approximate surface area is 188 Å². The Hall–Kier alpha value is -3.32. The number of carbonyl (C=O) groups is 2. The van der Waals surface area contributed by atoms with Crippen LogP contribution in [0.15, 0.2) is 54.1 Å². The Morgan fingerprint density at radius 2 is 1.78 bits per heavy atom. The van der Waals surface area contributed by atoms with Crippen molar-refractivity contribution < 1.29 is 28.9 Å². The molecule has 0 radical (unpaired) electrons. The van der Waals surface area contributed by atoms with Crippen LogP contribution in [0.25, 0.3) is 5.76 Å². The lowest BCUT2D eigenvalue weighted by Crippen LogP contribution is -2.31. The van der Waals surface area contributed by atoms with Crippen molar-refractivity contribution in [1.29, 1.82) is 0 Å². The van der Waals surface area contributed by atoms with Crippen LogP contribution in [-0.4, -0.2) is 55.7 Å². The molecule has 1 atom stereocenters. The van der Waals surface area contributed by atoms with Crippen LogP contribution in [0.1, 0.15) is 36.9 Å². The second-order valence-electron chi connectivity index (χ2n) is 7.49. The first-order valence-corrected chi connectivity index (χ1v) is 10.7. The third kappa shape index (κ3) is 4.94. The maximum Gasteiger partial charge on any atom is 0.295 e. The number of carbonyl (C=O) groups excluding carboxylic acids is 2. The number of Topliss-reactive ketones (excluding diaryl/α,β-unsaturated/α-hetero) is 1. The first kappa shape index (κ1) is 23.3. The van der Waals surface area contributed by atoms with Crippen molar-refractivity contribution in [3.63, 3.8) is 0 Å². The number of hydrogen-bond acceptors (Lipinski definition) is 6. The zero-order chi connectivity index (χ0) is 23.1. The molecule has 1 amide bonds. The van der Waals surface area contributed by atoms with Gasteiger partial charge in [0.25, 0.3) is 11.7 Å². The number of hydrogen-bond donors (Lipinski definition) is 1. The van der Waals surface area contributed by atoms with Crippen molar-refractivity contribution in [2.45, 2.75) is 25.8 Å². The van der Waals surface area contributed by atoms with Gasteiger partial charge in [0.15, 0.2) is 0 Å². The molecule has 1 heterocycles. The van der Waals surface area contributed by atoms with Crippen molar-refractivity contribution >= 4 is 17.4 Å². The Morgan fingerprint density at radius 3 is 2.44 bits per heavy atom. The van der Waals surface area contributed by atoms with Gasteiger partial charge in [0.1, 0.15) is 17.3 Å². The van der Waals surface area contributed by atoms with Gasteiger partial charge in [-0.2, -0.15) is 0 Å². The van der Waals surface area contributed by atoms with Gasteiger partial charge in [-0.3, -0.25) is 9.59 Å². The summed E-state index contributed by atoms with van der Waals surface area (Å²) < 4.78 is 16.0. The van der Waals surface area contributed by atoms with Gasteiger partial charge in [-0.1, -0.05) is 19.1 Å². The molecule has 32 heavy (non-hydrogen) atoms. The number of amides is 1. The highest BCUT2D eigenvalue weighted by atomic mass is 16.5. The standard InChI is InChI=1S/C25H29NO6/c1-4-14-32-20-8-5-7-18(16-20)22-21(23(27)17-9-11-19(31-3)12-10-17)24(28)25(29)26(22)13-6-15-30-2/h5,7-12,16,22,27H,4,6,13-15H2,1-3H3/b23-21+. The molecule has 170 valence electrons. The number of methoxy groups -OCH3 is 2. The van der Waals surface area contributed by atoms with E-state index in [2.05, 4.69) is 0 Å². The maximum absolute atomic E-state index is 13.0. The van der Waals surface area contributed by atoms with E-state index in [1.165, 1.54) is 4.90 Å². The largest absolute Gasteiger partial charge is 0.507 e. The van der Waals surface area contributed by atoms with Gasteiger partial charge in [-0.15, -0.1) is 0 Å². The summed E-state index contributed by atoms with van der Waals surface area (Å²) >= 11 is 0. The molecule has 1 saturated heterocycles. The van der Waals surface area contributed by atoms with Gasteiger partial charge in [0.05, 0.1) is 25.3 Å². The summed E-state index contributed by atoms with van der Waals surface area (Å²) in [5.74, 6) is -0.290. The van der Waals surface area contributed by atoms with E-state index in [-0.39, 0.29) is 11.3 Å². The molecule has 7 heteroatoms. The Morgan fingerprint density at radius 1 is 1.03 bits per heavy atom. The highest BCUT2D eigenvalue weighted by Crippen LogP contribution is 2.40. The molecule has 1 aliphatic heterocycles. The van der Waals surface area contributed by atoms with Gasteiger partial charge < -0.3 is 24.2 Å². The smallest absolute Gasteiger partial charge is 0.295 e. The summed E-state index contributed by atoms with van der Waals surface area (Å²) in [6.45, 7) is 3.35. The first-order chi connectivity index (χ1) is 15.5. The van der Waals surface area contributed by atoms with E-state index in [9.17, 15) is 14.7 Å². The number of rotatable bonds is 10. The molecule has 0 bridgehead atoms. The van der Waals surface area contributed by atoms with E-state index >= 15 is 0 Å². The van der Waals surface area contributed by atoms with Crippen molar-refractivity contribution in [3.05, 3.63) is 65.2 Å². The lowest BCUT2D eigenvalue weighted by Gasteiger charge is -2.25. The molecule has 2 aromatic carbocycles. The minimum atomic E-state index is -0.723. The predicted octanol–water partition coefficient (Wildman–Crippen LogP) is 3.94. The molecule has 0 spiro atoms. The lowest BCUT2D eigenvalue weighted by atomic mass is 9.95. The van der Waals surface area contributed by atoms with Gasteiger partial charge >= 0.3 is 0 Å². The molecule has 1 aliphatic rings. The second-order valence-corrected chi connectivity index (χ2v) is 7.49. The number of ether oxygens (including phenoxy) is 3. The van der Waals surface area contributed by atoms with Crippen LogP contribution >= 0.6 is 0 Å². The third-order valence-electron chi connectivity index (χ3n) is 5.30. The number of likely N-dealkylation sites (tertiary alicyclic amines) is 1. The van der Waals surface area contributed by atoms with E-state index in [0.29, 0.717) is 48.8 Å². The summed E-state index contributed by atoms with van der Waals surface area (Å²) in [6, 6.07) is 13.3. The fraction of sp³-hybridized carbons (Fsp3) is 0.360. The predicted molar refractivity (Wildman–Crippen MR) is 121 cm³/mol. The fourth-order valence-electron chi connectivity index (χ4n) is 3.74. The van der Waals surface area contributed by atoms with Crippen molar-refractivity contribution in [2.75, 3.05) is 34.0 Å². The van der Waals surface area contributed by atoms with E-state index < -0.39 is 17.7 Å². The molecule has 2 aromatic rings. The number of benzene rings is 2. The summed E-state index contributed by atoms with van der Waals surface area (Å²) in [4.78, 5) is 27.5. The summed E-state index contributed by atoms with van der Waals surface area (Å²) in [5, 5.41) is 11.1. The van der Waals surface area contributed by atoms with Crippen molar-refractivity contribution in [3.8, 4) is 11.5 Å². The number of aliphatic hydroxyl groups is 1. The molecule has 0 aromatic heterocycles. The normalized spacial score (nSPS) is 17.6. The first-order valence-electron chi connectivity index (χ1n) is 10.7. The van der Waals surface area contributed by atoms with Crippen LogP contribution < -0.4 is 9.47 Å². The van der Waals surface area contributed by atoms with E-state index in [1.807, 2.05) is 31.2 Å². The highest BCUT2D eigenvalue weighted by molar-refractivity contribution is 6.46.